The summed E-state index contributed by atoms with van der Waals surface area (Å²) in [7, 11) is 3.31. The van der Waals surface area contributed by atoms with Crippen molar-refractivity contribution in [2.75, 3.05) is 14.2 Å². The minimum absolute atomic E-state index is 0. The zero-order valence-electron chi connectivity index (χ0n) is 14.0. The van der Waals surface area contributed by atoms with Crippen molar-refractivity contribution in [3.05, 3.63) is 23.8 Å². The molecule has 1 amide bonds. The zero-order valence-corrected chi connectivity index (χ0v) is 14.9. The van der Waals surface area contributed by atoms with Gasteiger partial charge < -0.3 is 20.5 Å². The zero-order chi connectivity index (χ0) is 16.3. The summed E-state index contributed by atoms with van der Waals surface area (Å²) < 4.78 is 5.10. The summed E-state index contributed by atoms with van der Waals surface area (Å²) in [6.07, 6.45) is 3.90. The van der Waals surface area contributed by atoms with Crippen molar-refractivity contribution in [2.45, 2.75) is 44.7 Å². The minimum Gasteiger partial charge on any atom is -0.504 e. The molecule has 1 saturated carbocycles. The molecule has 0 aliphatic heterocycles. The number of aromatic hydroxyl groups is 1. The Kier molecular flexibility index (Phi) is 6.71. The van der Waals surface area contributed by atoms with Crippen LogP contribution in [0.25, 0.3) is 0 Å². The van der Waals surface area contributed by atoms with Crippen molar-refractivity contribution in [3.8, 4) is 11.5 Å². The van der Waals surface area contributed by atoms with Crippen LogP contribution in [-0.4, -0.2) is 35.6 Å². The molecule has 0 spiro atoms. The lowest BCUT2D eigenvalue weighted by Gasteiger charge is -2.39. The quantitative estimate of drug-likeness (QED) is 0.882. The molecule has 2 unspecified atom stereocenters. The van der Waals surface area contributed by atoms with Crippen LogP contribution in [0, 0.1) is 5.92 Å². The number of phenolic OH excluding ortho intramolecular Hbond substituents is 1. The van der Waals surface area contributed by atoms with Crippen LogP contribution >= 0.6 is 12.4 Å². The summed E-state index contributed by atoms with van der Waals surface area (Å²) in [5.74, 6) is 0.490. The van der Waals surface area contributed by atoms with E-state index in [1.54, 1.807) is 30.1 Å². The van der Waals surface area contributed by atoms with Gasteiger partial charge in [0.25, 0.3) is 0 Å². The molecule has 5 nitrogen and oxygen atoms in total. The Hall–Kier alpha value is -1.46. The van der Waals surface area contributed by atoms with E-state index in [1.165, 1.54) is 7.11 Å². The van der Waals surface area contributed by atoms with E-state index in [-0.39, 0.29) is 30.0 Å². The normalized spacial score (nSPS) is 23.7. The lowest BCUT2D eigenvalue weighted by Crippen LogP contribution is -2.53. The summed E-state index contributed by atoms with van der Waals surface area (Å²) in [5.41, 5.74) is 6.82. The van der Waals surface area contributed by atoms with E-state index in [1.807, 2.05) is 6.92 Å². The van der Waals surface area contributed by atoms with Gasteiger partial charge in [-0.1, -0.05) is 18.9 Å². The molecule has 3 N–H and O–H groups in total. The maximum Gasteiger partial charge on any atom is 0.227 e. The number of methoxy groups -OCH3 is 1. The highest BCUT2D eigenvalue weighted by molar-refractivity contribution is 5.85. The molecule has 0 radical (unpaired) electrons. The topological polar surface area (TPSA) is 75.8 Å². The predicted octanol–water partition coefficient (Wildman–Crippen LogP) is 2.69. The number of carbonyl (C=O) groups is 1. The van der Waals surface area contributed by atoms with E-state index in [2.05, 4.69) is 0 Å². The molecule has 2 rings (SSSR count). The SMILES string of the molecule is COc1cc(CN(C)C(=O)C2CCCCC2(C)N)ccc1O.Cl. The first-order valence-corrected chi connectivity index (χ1v) is 7.75. The van der Waals surface area contributed by atoms with Gasteiger partial charge in [-0.05, 0) is 37.5 Å². The van der Waals surface area contributed by atoms with Gasteiger partial charge in [0.15, 0.2) is 11.5 Å². The van der Waals surface area contributed by atoms with Crippen LogP contribution in [0.1, 0.15) is 38.2 Å². The molecular formula is C17H27ClN2O3. The van der Waals surface area contributed by atoms with Gasteiger partial charge in [0, 0.05) is 19.1 Å². The fraction of sp³-hybridized carbons (Fsp3) is 0.588. The number of rotatable bonds is 4. The van der Waals surface area contributed by atoms with Crippen LogP contribution < -0.4 is 10.5 Å². The van der Waals surface area contributed by atoms with Crippen LogP contribution in [0.3, 0.4) is 0 Å². The summed E-state index contributed by atoms with van der Waals surface area (Å²) in [6.45, 7) is 2.45. The Morgan fingerprint density at radius 2 is 2.17 bits per heavy atom. The number of amides is 1. The molecule has 0 bridgehead atoms. The monoisotopic (exact) mass is 342 g/mol. The van der Waals surface area contributed by atoms with Crippen LogP contribution in [0.2, 0.25) is 0 Å². The molecule has 1 aromatic carbocycles. The smallest absolute Gasteiger partial charge is 0.227 e. The minimum atomic E-state index is -0.420. The van der Waals surface area contributed by atoms with Gasteiger partial charge in [-0.15, -0.1) is 12.4 Å². The molecule has 23 heavy (non-hydrogen) atoms. The maximum absolute atomic E-state index is 12.7. The van der Waals surface area contributed by atoms with E-state index >= 15 is 0 Å². The van der Waals surface area contributed by atoms with Gasteiger partial charge in [-0.2, -0.15) is 0 Å². The summed E-state index contributed by atoms with van der Waals surface area (Å²) >= 11 is 0. The number of phenols is 1. The van der Waals surface area contributed by atoms with Crippen molar-refractivity contribution < 1.29 is 14.6 Å². The van der Waals surface area contributed by atoms with Crippen LogP contribution in [0.15, 0.2) is 18.2 Å². The molecule has 1 aliphatic rings. The molecule has 130 valence electrons. The summed E-state index contributed by atoms with van der Waals surface area (Å²) in [5, 5.41) is 9.63. The first-order valence-electron chi connectivity index (χ1n) is 7.75. The second-order valence-corrected chi connectivity index (χ2v) is 6.50. The third-order valence-electron chi connectivity index (χ3n) is 4.59. The van der Waals surface area contributed by atoms with E-state index in [0.717, 1.165) is 31.2 Å². The Balaban J connectivity index is 0.00000264. The Morgan fingerprint density at radius 1 is 1.48 bits per heavy atom. The lowest BCUT2D eigenvalue weighted by atomic mass is 9.74. The maximum atomic E-state index is 12.7. The molecule has 0 heterocycles. The average Bonchev–Trinajstić information content (AvgIpc) is 2.48. The largest absolute Gasteiger partial charge is 0.504 e. The molecule has 1 fully saturated rings. The number of nitrogens with two attached hydrogens (primary N) is 1. The molecular weight excluding hydrogens is 316 g/mol. The molecule has 1 aliphatic carbocycles. The van der Waals surface area contributed by atoms with Gasteiger partial charge >= 0.3 is 0 Å². The third-order valence-corrected chi connectivity index (χ3v) is 4.59. The predicted molar refractivity (Wildman–Crippen MR) is 92.9 cm³/mol. The highest BCUT2D eigenvalue weighted by Crippen LogP contribution is 2.33. The van der Waals surface area contributed by atoms with Gasteiger partial charge in [0.05, 0.1) is 13.0 Å². The standard InChI is InChI=1S/C17H26N2O3.ClH/c1-17(18)9-5-4-6-13(17)16(21)19(2)11-12-7-8-14(20)15(10-12)22-3;/h7-8,10,13,20H,4-6,9,11,18H2,1-3H3;1H. The van der Waals surface area contributed by atoms with Gasteiger partial charge in [-0.3, -0.25) is 4.79 Å². The van der Waals surface area contributed by atoms with Gasteiger partial charge in [0.1, 0.15) is 0 Å². The van der Waals surface area contributed by atoms with Crippen molar-refractivity contribution in [1.82, 2.24) is 4.90 Å². The fourth-order valence-electron chi connectivity index (χ4n) is 3.20. The number of benzene rings is 1. The third kappa shape index (κ3) is 4.52. The Morgan fingerprint density at radius 3 is 2.78 bits per heavy atom. The molecule has 0 saturated heterocycles. The number of hydrogen-bond donors (Lipinski definition) is 2. The first-order chi connectivity index (χ1) is 10.3. The van der Waals surface area contributed by atoms with Crippen molar-refractivity contribution in [3.63, 3.8) is 0 Å². The second kappa shape index (κ2) is 7.88. The van der Waals surface area contributed by atoms with Crippen molar-refractivity contribution in [1.29, 1.82) is 0 Å². The summed E-state index contributed by atoms with van der Waals surface area (Å²) in [4.78, 5) is 14.4. The number of ether oxygens (including phenoxy) is 1. The summed E-state index contributed by atoms with van der Waals surface area (Å²) in [6, 6.07) is 5.13. The highest BCUT2D eigenvalue weighted by Gasteiger charge is 2.39. The number of carbonyl (C=O) groups excluding carboxylic acids is 1. The van der Waals surface area contributed by atoms with Crippen molar-refractivity contribution in [2.24, 2.45) is 11.7 Å². The van der Waals surface area contributed by atoms with Crippen LogP contribution in [0.4, 0.5) is 0 Å². The number of hydrogen-bond acceptors (Lipinski definition) is 4. The number of nitrogens with zero attached hydrogens (tertiary/aromatic N) is 1. The van der Waals surface area contributed by atoms with Crippen LogP contribution in [-0.2, 0) is 11.3 Å². The highest BCUT2D eigenvalue weighted by atomic mass is 35.5. The second-order valence-electron chi connectivity index (χ2n) is 6.50. The van der Waals surface area contributed by atoms with E-state index < -0.39 is 5.54 Å². The van der Waals surface area contributed by atoms with Gasteiger partial charge in [-0.25, -0.2) is 0 Å². The first kappa shape index (κ1) is 19.6. The Bertz CT molecular complexity index is 549. The van der Waals surface area contributed by atoms with Crippen LogP contribution in [0.5, 0.6) is 11.5 Å². The van der Waals surface area contributed by atoms with E-state index in [9.17, 15) is 9.90 Å². The fourth-order valence-corrected chi connectivity index (χ4v) is 3.20. The van der Waals surface area contributed by atoms with E-state index in [4.69, 9.17) is 10.5 Å². The van der Waals surface area contributed by atoms with E-state index in [0.29, 0.717) is 12.3 Å². The van der Waals surface area contributed by atoms with Gasteiger partial charge in [0.2, 0.25) is 5.91 Å². The Labute approximate surface area is 144 Å². The molecule has 6 heteroatoms. The molecule has 0 aromatic heterocycles. The molecule has 1 aromatic rings. The number of halogens is 1. The molecule has 2 atom stereocenters. The van der Waals surface area contributed by atoms with Crippen molar-refractivity contribution >= 4 is 18.3 Å². The average molecular weight is 343 g/mol. The lowest BCUT2D eigenvalue weighted by molar-refractivity contribution is -0.138.